The molecule has 0 aromatic heterocycles. The zero-order valence-electron chi connectivity index (χ0n) is 8.47. The molecule has 0 bridgehead atoms. The molecule has 0 radical (unpaired) electrons. The van der Waals surface area contributed by atoms with E-state index in [1.165, 1.54) is 32.4 Å². The SMILES string of the molecule is Cc1c(SS)cccc1-c1ccccc1. The second-order valence-corrected chi connectivity index (χ2v) is 4.56. The van der Waals surface area contributed by atoms with Crippen molar-refractivity contribution >= 4 is 22.5 Å². The summed E-state index contributed by atoms with van der Waals surface area (Å²) in [6, 6.07) is 16.8. The maximum Gasteiger partial charge on any atom is 0.0215 e. The molecule has 0 aliphatic heterocycles. The molecule has 0 nitrogen and oxygen atoms in total. The Morgan fingerprint density at radius 2 is 1.67 bits per heavy atom. The molecule has 0 amide bonds. The van der Waals surface area contributed by atoms with E-state index in [0.29, 0.717) is 0 Å². The summed E-state index contributed by atoms with van der Waals surface area (Å²) in [5.41, 5.74) is 3.84. The second kappa shape index (κ2) is 4.77. The van der Waals surface area contributed by atoms with E-state index in [1.807, 2.05) is 6.07 Å². The Balaban J connectivity index is 2.54. The Morgan fingerprint density at radius 1 is 0.933 bits per heavy atom. The van der Waals surface area contributed by atoms with E-state index < -0.39 is 0 Å². The molecule has 0 heterocycles. The van der Waals surface area contributed by atoms with Gasteiger partial charge in [0.15, 0.2) is 0 Å². The van der Waals surface area contributed by atoms with Crippen molar-refractivity contribution in [2.75, 3.05) is 0 Å². The first-order valence-electron chi connectivity index (χ1n) is 4.79. The number of rotatable bonds is 2. The third-order valence-corrected chi connectivity index (χ3v) is 3.70. The van der Waals surface area contributed by atoms with Crippen LogP contribution in [0.5, 0.6) is 0 Å². The van der Waals surface area contributed by atoms with E-state index in [9.17, 15) is 0 Å². The van der Waals surface area contributed by atoms with Gasteiger partial charge in [-0.2, -0.15) is 0 Å². The molecule has 0 N–H and O–H groups in total. The Morgan fingerprint density at radius 3 is 2.33 bits per heavy atom. The molecule has 0 unspecified atom stereocenters. The maximum atomic E-state index is 4.26. The molecular formula is C13H12S2. The van der Waals surface area contributed by atoms with Crippen LogP contribution in [0.3, 0.4) is 0 Å². The first-order chi connectivity index (χ1) is 7.33. The molecule has 0 aliphatic rings. The van der Waals surface area contributed by atoms with Crippen LogP contribution in [0.1, 0.15) is 5.56 Å². The van der Waals surface area contributed by atoms with Crippen LogP contribution in [0.4, 0.5) is 0 Å². The van der Waals surface area contributed by atoms with E-state index in [4.69, 9.17) is 0 Å². The third-order valence-electron chi connectivity index (χ3n) is 2.47. The van der Waals surface area contributed by atoms with Crippen molar-refractivity contribution in [3.05, 3.63) is 54.1 Å². The maximum absolute atomic E-state index is 4.26. The van der Waals surface area contributed by atoms with Crippen LogP contribution in [0, 0.1) is 6.92 Å². The number of hydrogen-bond acceptors (Lipinski definition) is 2. The van der Waals surface area contributed by atoms with Crippen LogP contribution in [0.25, 0.3) is 11.1 Å². The van der Waals surface area contributed by atoms with Gasteiger partial charge in [0.1, 0.15) is 0 Å². The Bertz CT molecular complexity index is 449. The highest BCUT2D eigenvalue weighted by atomic mass is 33.1. The third kappa shape index (κ3) is 2.21. The summed E-state index contributed by atoms with van der Waals surface area (Å²) in [6.45, 7) is 2.14. The fraction of sp³-hybridized carbons (Fsp3) is 0.0769. The first kappa shape index (κ1) is 10.7. The van der Waals surface area contributed by atoms with E-state index >= 15 is 0 Å². The van der Waals surface area contributed by atoms with Crippen LogP contribution in [0.15, 0.2) is 53.4 Å². The largest absolute Gasteiger partial charge is 0.106 e. The summed E-state index contributed by atoms with van der Waals surface area (Å²) >= 11 is 4.26. The predicted molar refractivity (Wildman–Crippen MR) is 71.5 cm³/mol. The van der Waals surface area contributed by atoms with Crippen LogP contribution in [0.2, 0.25) is 0 Å². The van der Waals surface area contributed by atoms with Gasteiger partial charge in [0, 0.05) is 4.90 Å². The fourth-order valence-corrected chi connectivity index (χ4v) is 2.62. The van der Waals surface area contributed by atoms with E-state index in [1.54, 1.807) is 0 Å². The van der Waals surface area contributed by atoms with Gasteiger partial charge in [-0.15, -0.1) is 11.7 Å². The minimum atomic E-state index is 1.22. The Hall–Kier alpha value is -0.860. The van der Waals surface area contributed by atoms with Gasteiger partial charge in [-0.1, -0.05) is 53.3 Å². The van der Waals surface area contributed by atoms with Gasteiger partial charge in [0.25, 0.3) is 0 Å². The van der Waals surface area contributed by atoms with Gasteiger partial charge in [0.05, 0.1) is 0 Å². The molecule has 0 saturated carbocycles. The van der Waals surface area contributed by atoms with Crippen molar-refractivity contribution < 1.29 is 0 Å². The standard InChI is InChI=1S/C13H12S2/c1-10-12(8-5-9-13(10)15-14)11-6-3-2-4-7-11/h2-9,14H,1H3. The van der Waals surface area contributed by atoms with Crippen molar-refractivity contribution in [2.45, 2.75) is 11.8 Å². The molecule has 15 heavy (non-hydrogen) atoms. The Labute approximate surface area is 99.5 Å². The zero-order valence-corrected chi connectivity index (χ0v) is 10.2. The molecule has 2 aromatic carbocycles. The average Bonchev–Trinajstić information content (AvgIpc) is 2.30. The number of hydrogen-bond donors (Lipinski definition) is 1. The summed E-state index contributed by atoms with van der Waals surface area (Å²) in [6.07, 6.45) is 0. The van der Waals surface area contributed by atoms with Gasteiger partial charge in [-0.3, -0.25) is 0 Å². The number of thiol groups is 1. The van der Waals surface area contributed by atoms with Gasteiger partial charge < -0.3 is 0 Å². The lowest BCUT2D eigenvalue weighted by Gasteiger charge is -2.08. The topological polar surface area (TPSA) is 0 Å². The molecule has 0 fully saturated rings. The summed E-state index contributed by atoms with van der Waals surface area (Å²) in [7, 11) is 1.50. The second-order valence-electron chi connectivity index (χ2n) is 3.39. The molecular weight excluding hydrogens is 220 g/mol. The molecule has 0 atom stereocenters. The molecule has 2 rings (SSSR count). The minimum absolute atomic E-state index is 1.22. The van der Waals surface area contributed by atoms with Gasteiger partial charge in [-0.05, 0) is 29.7 Å². The fourth-order valence-electron chi connectivity index (χ4n) is 1.64. The molecule has 2 heteroatoms. The lowest BCUT2D eigenvalue weighted by atomic mass is 10.0. The average molecular weight is 232 g/mol. The minimum Gasteiger partial charge on any atom is -0.106 e. The van der Waals surface area contributed by atoms with Crippen LogP contribution in [-0.2, 0) is 0 Å². The lowest BCUT2D eigenvalue weighted by molar-refractivity contribution is 1.31. The van der Waals surface area contributed by atoms with E-state index in [-0.39, 0.29) is 0 Å². The molecule has 0 aliphatic carbocycles. The summed E-state index contributed by atoms with van der Waals surface area (Å²) in [4.78, 5) is 1.22. The summed E-state index contributed by atoms with van der Waals surface area (Å²) < 4.78 is 0. The highest BCUT2D eigenvalue weighted by molar-refractivity contribution is 8.68. The highest BCUT2D eigenvalue weighted by Gasteiger charge is 2.04. The molecule has 76 valence electrons. The van der Waals surface area contributed by atoms with Crippen LogP contribution < -0.4 is 0 Å². The normalized spacial score (nSPS) is 10.3. The summed E-state index contributed by atoms with van der Waals surface area (Å²) in [5, 5.41) is 0. The summed E-state index contributed by atoms with van der Waals surface area (Å²) in [5.74, 6) is 0. The van der Waals surface area contributed by atoms with Crippen molar-refractivity contribution in [3.8, 4) is 11.1 Å². The zero-order chi connectivity index (χ0) is 10.7. The van der Waals surface area contributed by atoms with Crippen molar-refractivity contribution in [1.82, 2.24) is 0 Å². The van der Waals surface area contributed by atoms with Crippen molar-refractivity contribution in [2.24, 2.45) is 0 Å². The molecule has 2 aromatic rings. The smallest absolute Gasteiger partial charge is 0.0215 e. The van der Waals surface area contributed by atoms with Gasteiger partial charge >= 0.3 is 0 Å². The lowest BCUT2D eigenvalue weighted by Crippen LogP contribution is -1.84. The Kier molecular flexibility index (Phi) is 3.39. The molecule has 0 spiro atoms. The highest BCUT2D eigenvalue weighted by Crippen LogP contribution is 2.32. The van der Waals surface area contributed by atoms with Crippen LogP contribution in [-0.4, -0.2) is 0 Å². The van der Waals surface area contributed by atoms with Gasteiger partial charge in [0.2, 0.25) is 0 Å². The van der Waals surface area contributed by atoms with E-state index in [2.05, 4.69) is 61.0 Å². The quantitative estimate of drug-likeness (QED) is 0.583. The predicted octanol–water partition coefficient (Wildman–Crippen LogP) is 4.60. The van der Waals surface area contributed by atoms with Crippen LogP contribution >= 0.6 is 22.5 Å². The molecule has 0 saturated heterocycles. The van der Waals surface area contributed by atoms with Crippen molar-refractivity contribution in [3.63, 3.8) is 0 Å². The number of benzene rings is 2. The van der Waals surface area contributed by atoms with Gasteiger partial charge in [-0.25, -0.2) is 0 Å². The monoisotopic (exact) mass is 232 g/mol. The first-order valence-corrected chi connectivity index (χ1v) is 6.66. The van der Waals surface area contributed by atoms with Crippen molar-refractivity contribution in [1.29, 1.82) is 0 Å². The van der Waals surface area contributed by atoms with E-state index in [0.717, 1.165) is 0 Å².